The summed E-state index contributed by atoms with van der Waals surface area (Å²) in [4.78, 5) is 0. The molecule has 0 heterocycles. The molecule has 1 atom stereocenters. The Morgan fingerprint density at radius 2 is 1.67 bits per heavy atom. The molecule has 0 radical (unpaired) electrons. The molecule has 18 heavy (non-hydrogen) atoms. The molecule has 0 aliphatic heterocycles. The lowest BCUT2D eigenvalue weighted by Gasteiger charge is -2.14. The van der Waals surface area contributed by atoms with Crippen LogP contribution in [0.25, 0.3) is 0 Å². The molecule has 2 aromatic rings. The van der Waals surface area contributed by atoms with Crippen molar-refractivity contribution >= 4 is 23.2 Å². The Bertz CT molecular complexity index is 564. The average Bonchev–Trinajstić information content (AvgIpc) is 2.32. The van der Waals surface area contributed by atoms with Gasteiger partial charge in [-0.05, 0) is 30.3 Å². The Hall–Kier alpha value is -1.19. The maximum atomic E-state index is 13.6. The first-order valence-electron chi connectivity index (χ1n) is 5.03. The molecule has 0 bridgehead atoms. The van der Waals surface area contributed by atoms with Crippen LogP contribution in [0, 0.1) is 17.5 Å². The molecule has 94 valence electrons. The lowest BCUT2D eigenvalue weighted by molar-refractivity contribution is 0.580. The number of hydrogen-bond donors (Lipinski definition) is 0. The van der Waals surface area contributed by atoms with E-state index >= 15 is 0 Å². The molecule has 0 N–H and O–H groups in total. The smallest absolute Gasteiger partial charge is 0.129 e. The minimum Gasteiger partial charge on any atom is -0.207 e. The fourth-order valence-corrected chi connectivity index (χ4v) is 2.33. The third-order valence-corrected chi connectivity index (χ3v) is 3.27. The van der Waals surface area contributed by atoms with Crippen molar-refractivity contribution in [2.75, 3.05) is 0 Å². The Kier molecular flexibility index (Phi) is 3.83. The molecule has 0 aliphatic rings. The number of rotatable bonds is 2. The van der Waals surface area contributed by atoms with Crippen LogP contribution >= 0.6 is 23.2 Å². The van der Waals surface area contributed by atoms with E-state index in [4.69, 9.17) is 23.2 Å². The normalized spacial score (nSPS) is 12.5. The largest absolute Gasteiger partial charge is 0.207 e. The van der Waals surface area contributed by atoms with E-state index in [9.17, 15) is 13.2 Å². The molecule has 0 saturated carbocycles. The summed E-state index contributed by atoms with van der Waals surface area (Å²) in [5.41, 5.74) is -0.214. The average molecular weight is 291 g/mol. The minimum atomic E-state index is -1.19. The highest BCUT2D eigenvalue weighted by molar-refractivity contribution is 6.33. The third-order valence-electron chi connectivity index (χ3n) is 2.48. The first-order chi connectivity index (χ1) is 8.50. The molecular weight excluding hydrogens is 284 g/mol. The van der Waals surface area contributed by atoms with Gasteiger partial charge in [-0.3, -0.25) is 0 Å². The van der Waals surface area contributed by atoms with E-state index in [0.717, 1.165) is 24.3 Å². The molecule has 2 rings (SSSR count). The van der Waals surface area contributed by atoms with Gasteiger partial charge >= 0.3 is 0 Å². The van der Waals surface area contributed by atoms with Gasteiger partial charge < -0.3 is 0 Å². The van der Waals surface area contributed by atoms with E-state index in [1.165, 1.54) is 12.1 Å². The zero-order valence-corrected chi connectivity index (χ0v) is 10.4. The van der Waals surface area contributed by atoms with Gasteiger partial charge in [-0.25, -0.2) is 13.2 Å². The van der Waals surface area contributed by atoms with Crippen LogP contribution in [0.3, 0.4) is 0 Å². The van der Waals surface area contributed by atoms with Crippen LogP contribution in [-0.2, 0) is 0 Å². The zero-order valence-electron chi connectivity index (χ0n) is 8.93. The summed E-state index contributed by atoms with van der Waals surface area (Å²) in [5.74, 6) is -2.02. The van der Waals surface area contributed by atoms with E-state index in [0.29, 0.717) is 0 Å². The molecule has 0 fully saturated rings. The summed E-state index contributed by atoms with van der Waals surface area (Å²) < 4.78 is 40.3. The van der Waals surface area contributed by atoms with Crippen molar-refractivity contribution in [1.82, 2.24) is 0 Å². The highest BCUT2D eigenvalue weighted by Crippen LogP contribution is 2.36. The fourth-order valence-electron chi connectivity index (χ4n) is 1.62. The molecule has 1 unspecified atom stereocenters. The topological polar surface area (TPSA) is 0 Å². The molecule has 5 heteroatoms. The van der Waals surface area contributed by atoms with Crippen LogP contribution in [0.4, 0.5) is 13.2 Å². The van der Waals surface area contributed by atoms with Crippen LogP contribution in [0.15, 0.2) is 36.4 Å². The van der Waals surface area contributed by atoms with Gasteiger partial charge in [0.25, 0.3) is 0 Å². The number of halogens is 5. The first kappa shape index (κ1) is 13.2. The van der Waals surface area contributed by atoms with Crippen molar-refractivity contribution in [2.45, 2.75) is 5.38 Å². The van der Waals surface area contributed by atoms with Gasteiger partial charge in [0.05, 0.1) is 5.38 Å². The lowest BCUT2D eigenvalue weighted by Crippen LogP contribution is -2.01. The van der Waals surface area contributed by atoms with Gasteiger partial charge in [0.1, 0.15) is 17.5 Å². The van der Waals surface area contributed by atoms with E-state index in [1.54, 1.807) is 0 Å². The second-order valence-corrected chi connectivity index (χ2v) is 4.51. The first-order valence-corrected chi connectivity index (χ1v) is 5.85. The predicted octanol–water partition coefficient (Wildman–Crippen LogP) is 5.09. The van der Waals surface area contributed by atoms with E-state index in [-0.39, 0.29) is 16.1 Å². The van der Waals surface area contributed by atoms with Gasteiger partial charge in [-0.15, -0.1) is 11.6 Å². The zero-order chi connectivity index (χ0) is 13.3. The summed E-state index contributed by atoms with van der Waals surface area (Å²) in [6.07, 6.45) is 0. The quantitative estimate of drug-likeness (QED) is 0.676. The van der Waals surface area contributed by atoms with Crippen LogP contribution in [0.1, 0.15) is 16.5 Å². The van der Waals surface area contributed by atoms with Crippen LogP contribution < -0.4 is 0 Å². The van der Waals surface area contributed by atoms with E-state index in [1.807, 2.05) is 0 Å². The van der Waals surface area contributed by atoms with Crippen molar-refractivity contribution in [3.8, 4) is 0 Å². The molecule has 0 aliphatic carbocycles. The van der Waals surface area contributed by atoms with Crippen molar-refractivity contribution in [3.63, 3.8) is 0 Å². The van der Waals surface area contributed by atoms with Gasteiger partial charge in [0, 0.05) is 16.1 Å². The summed E-state index contributed by atoms with van der Waals surface area (Å²) >= 11 is 11.8. The van der Waals surface area contributed by atoms with Gasteiger partial charge in [0.2, 0.25) is 0 Å². The number of benzene rings is 2. The van der Waals surface area contributed by atoms with Crippen LogP contribution in [-0.4, -0.2) is 0 Å². The molecule has 0 saturated heterocycles. The van der Waals surface area contributed by atoms with Crippen molar-refractivity contribution in [2.24, 2.45) is 0 Å². The Morgan fingerprint density at radius 3 is 2.33 bits per heavy atom. The second-order valence-electron chi connectivity index (χ2n) is 3.66. The van der Waals surface area contributed by atoms with Gasteiger partial charge in [0.15, 0.2) is 0 Å². The van der Waals surface area contributed by atoms with Crippen LogP contribution in [0.5, 0.6) is 0 Å². The lowest BCUT2D eigenvalue weighted by atomic mass is 10.0. The minimum absolute atomic E-state index is 0.0645. The van der Waals surface area contributed by atoms with Gasteiger partial charge in [-0.1, -0.05) is 17.7 Å². The summed E-state index contributed by atoms with van der Waals surface area (Å²) in [6, 6.07) is 6.84. The maximum absolute atomic E-state index is 13.6. The highest BCUT2D eigenvalue weighted by atomic mass is 35.5. The molecule has 0 aromatic heterocycles. The summed E-state index contributed by atoms with van der Waals surface area (Å²) in [5, 5.41) is -1.12. The summed E-state index contributed by atoms with van der Waals surface area (Å²) in [7, 11) is 0. The second kappa shape index (κ2) is 5.21. The standard InChI is InChI=1S/C13H7Cl2F3/c14-9-2-1-3-11(18)12(9)13(15)8-6-7(16)4-5-10(8)17/h1-6,13H. The third kappa shape index (κ3) is 2.47. The predicted molar refractivity (Wildman–Crippen MR) is 65.5 cm³/mol. The monoisotopic (exact) mass is 290 g/mol. The van der Waals surface area contributed by atoms with Crippen molar-refractivity contribution < 1.29 is 13.2 Å². The van der Waals surface area contributed by atoms with Crippen molar-refractivity contribution in [1.29, 1.82) is 0 Å². The molecule has 0 amide bonds. The molecule has 0 nitrogen and oxygen atoms in total. The number of alkyl halides is 1. The highest BCUT2D eigenvalue weighted by Gasteiger charge is 2.21. The molecular formula is C13H7Cl2F3. The SMILES string of the molecule is Fc1ccc(F)c(C(Cl)c2c(F)cccc2Cl)c1. The van der Waals surface area contributed by atoms with Gasteiger partial charge in [-0.2, -0.15) is 0 Å². The van der Waals surface area contributed by atoms with E-state index in [2.05, 4.69) is 0 Å². The Labute approximate surface area is 112 Å². The molecule has 0 spiro atoms. The Balaban J connectivity index is 2.54. The molecule has 2 aromatic carbocycles. The summed E-state index contributed by atoms with van der Waals surface area (Å²) in [6.45, 7) is 0. The van der Waals surface area contributed by atoms with E-state index < -0.39 is 22.8 Å². The maximum Gasteiger partial charge on any atom is 0.129 e. The number of hydrogen-bond acceptors (Lipinski definition) is 0. The van der Waals surface area contributed by atoms with Crippen molar-refractivity contribution in [3.05, 3.63) is 70.0 Å². The van der Waals surface area contributed by atoms with Crippen LogP contribution in [0.2, 0.25) is 5.02 Å². The Morgan fingerprint density at radius 1 is 0.944 bits per heavy atom. The fraction of sp³-hybridized carbons (Fsp3) is 0.0769.